The van der Waals surface area contributed by atoms with Gasteiger partial charge in [-0.05, 0) is 40.5 Å². The van der Waals surface area contributed by atoms with E-state index in [0.29, 0.717) is 17.3 Å². The van der Waals surface area contributed by atoms with E-state index in [1.165, 1.54) is 0 Å². The maximum absolute atomic E-state index is 5.69. The third-order valence-electron chi connectivity index (χ3n) is 3.06. The number of rotatable bonds is 2. The second-order valence-corrected chi connectivity index (χ2v) is 5.19. The van der Waals surface area contributed by atoms with Crippen LogP contribution >= 0.6 is 15.9 Å². The molecule has 0 fully saturated rings. The molecule has 3 rings (SSSR count). The van der Waals surface area contributed by atoms with Gasteiger partial charge in [-0.2, -0.15) is 4.98 Å². The van der Waals surface area contributed by atoms with Gasteiger partial charge in [0.05, 0.1) is 10.2 Å². The monoisotopic (exact) mass is 336 g/mol. The Labute approximate surface area is 124 Å². The van der Waals surface area contributed by atoms with Crippen molar-refractivity contribution in [1.82, 2.24) is 9.97 Å². The molecule has 2 aromatic rings. The number of nitrogen functional groups attached to an aromatic ring is 1. The fourth-order valence-electron chi connectivity index (χ4n) is 2.23. The minimum atomic E-state index is 0.230. The molecule has 6 nitrogen and oxygen atoms in total. The number of benzene rings is 1. The average Bonchev–Trinajstić information content (AvgIpc) is 2.86. The summed E-state index contributed by atoms with van der Waals surface area (Å²) in [6.07, 6.45) is 0. The summed E-state index contributed by atoms with van der Waals surface area (Å²) < 4.78 is 11.7. The molecule has 20 heavy (non-hydrogen) atoms. The van der Waals surface area contributed by atoms with E-state index < -0.39 is 0 Å². The number of hydrogen-bond donors (Lipinski definition) is 2. The Hall–Kier alpha value is -2.02. The maximum atomic E-state index is 5.69. The summed E-state index contributed by atoms with van der Waals surface area (Å²) in [4.78, 5) is 8.44. The molecular weight excluding hydrogens is 324 g/mol. The first kappa shape index (κ1) is 13.0. The number of hydrogen-bond acceptors (Lipinski definition) is 6. The molecule has 0 bridgehead atoms. The number of halogens is 1. The van der Waals surface area contributed by atoms with Gasteiger partial charge < -0.3 is 20.5 Å². The van der Waals surface area contributed by atoms with Crippen LogP contribution in [0, 0.1) is 6.92 Å². The molecule has 1 aromatic carbocycles. The van der Waals surface area contributed by atoms with Crippen LogP contribution in [0.2, 0.25) is 0 Å². The standard InChI is InChI=1S/C13H13BrN4O2/c1-6-10(12(16-2)18-13(15)17-6)7-3-8(14)11-9(4-7)19-5-20-11/h3-4H,5H2,1-2H3,(H3,15,16,17,18). The SMILES string of the molecule is CNc1nc(N)nc(C)c1-c1cc(Br)c2c(c1)OCO2. The smallest absolute Gasteiger partial charge is 0.231 e. The molecule has 1 aromatic heterocycles. The van der Waals surface area contributed by atoms with Crippen molar-refractivity contribution in [2.45, 2.75) is 6.92 Å². The van der Waals surface area contributed by atoms with Gasteiger partial charge in [-0.25, -0.2) is 4.98 Å². The maximum Gasteiger partial charge on any atom is 0.231 e. The quantitative estimate of drug-likeness (QED) is 0.876. The summed E-state index contributed by atoms with van der Waals surface area (Å²) in [5.74, 6) is 2.35. The molecule has 0 atom stereocenters. The Morgan fingerprint density at radius 1 is 1.30 bits per heavy atom. The van der Waals surface area contributed by atoms with Crippen LogP contribution in [0.15, 0.2) is 16.6 Å². The number of fused-ring (bicyclic) bond motifs is 1. The second-order valence-electron chi connectivity index (χ2n) is 4.33. The van der Waals surface area contributed by atoms with Crippen molar-refractivity contribution in [3.8, 4) is 22.6 Å². The predicted molar refractivity (Wildman–Crippen MR) is 80.0 cm³/mol. The van der Waals surface area contributed by atoms with E-state index in [2.05, 4.69) is 31.2 Å². The molecule has 0 saturated carbocycles. The highest BCUT2D eigenvalue weighted by Crippen LogP contribution is 2.44. The van der Waals surface area contributed by atoms with Crippen LogP contribution in [-0.4, -0.2) is 23.8 Å². The van der Waals surface area contributed by atoms with Crippen LogP contribution in [0.3, 0.4) is 0 Å². The molecule has 1 aliphatic heterocycles. The number of anilines is 2. The van der Waals surface area contributed by atoms with Crippen molar-refractivity contribution in [1.29, 1.82) is 0 Å². The highest BCUT2D eigenvalue weighted by Gasteiger charge is 2.21. The van der Waals surface area contributed by atoms with Gasteiger partial charge in [-0.1, -0.05) is 0 Å². The Morgan fingerprint density at radius 3 is 2.85 bits per heavy atom. The van der Waals surface area contributed by atoms with Crippen LogP contribution in [0.4, 0.5) is 11.8 Å². The number of nitrogens with two attached hydrogens (primary N) is 1. The zero-order chi connectivity index (χ0) is 14.3. The number of nitrogens with zero attached hydrogens (tertiary/aromatic N) is 2. The molecule has 104 valence electrons. The Balaban J connectivity index is 2.21. The van der Waals surface area contributed by atoms with Gasteiger partial charge in [-0.15, -0.1) is 0 Å². The van der Waals surface area contributed by atoms with Crippen molar-refractivity contribution in [3.63, 3.8) is 0 Å². The van der Waals surface area contributed by atoms with Crippen LogP contribution < -0.4 is 20.5 Å². The van der Waals surface area contributed by atoms with Crippen molar-refractivity contribution < 1.29 is 9.47 Å². The third kappa shape index (κ3) is 2.03. The topological polar surface area (TPSA) is 82.3 Å². The van der Waals surface area contributed by atoms with Gasteiger partial charge in [0.15, 0.2) is 11.5 Å². The number of nitrogens with one attached hydrogen (secondary N) is 1. The van der Waals surface area contributed by atoms with Crippen molar-refractivity contribution in [2.24, 2.45) is 0 Å². The largest absolute Gasteiger partial charge is 0.454 e. The van der Waals surface area contributed by atoms with Crippen LogP contribution in [0.5, 0.6) is 11.5 Å². The van der Waals surface area contributed by atoms with E-state index in [4.69, 9.17) is 15.2 Å². The lowest BCUT2D eigenvalue weighted by Gasteiger charge is -2.13. The minimum absolute atomic E-state index is 0.230. The molecule has 0 aliphatic carbocycles. The van der Waals surface area contributed by atoms with Crippen LogP contribution in [0.1, 0.15) is 5.69 Å². The summed E-state index contributed by atoms with van der Waals surface area (Å²) >= 11 is 3.49. The third-order valence-corrected chi connectivity index (χ3v) is 3.65. The Kier molecular flexibility index (Phi) is 3.13. The lowest BCUT2D eigenvalue weighted by Crippen LogP contribution is -2.04. The number of aryl methyl sites for hydroxylation is 1. The van der Waals surface area contributed by atoms with Gasteiger partial charge >= 0.3 is 0 Å². The normalized spacial score (nSPS) is 12.6. The molecule has 0 saturated heterocycles. The lowest BCUT2D eigenvalue weighted by molar-refractivity contribution is 0.173. The first-order chi connectivity index (χ1) is 9.60. The molecule has 0 unspecified atom stereocenters. The summed E-state index contributed by atoms with van der Waals surface area (Å²) in [5, 5.41) is 3.04. The Bertz CT molecular complexity index is 691. The first-order valence-electron chi connectivity index (χ1n) is 6.01. The Morgan fingerprint density at radius 2 is 2.10 bits per heavy atom. The first-order valence-corrected chi connectivity index (χ1v) is 6.81. The fourth-order valence-corrected chi connectivity index (χ4v) is 2.79. The fraction of sp³-hybridized carbons (Fsp3) is 0.231. The summed E-state index contributed by atoms with van der Waals surface area (Å²) in [5.41, 5.74) is 8.31. The van der Waals surface area contributed by atoms with Gasteiger partial charge in [0, 0.05) is 12.6 Å². The molecule has 2 heterocycles. The van der Waals surface area contributed by atoms with Crippen molar-refractivity contribution >= 4 is 27.7 Å². The zero-order valence-corrected chi connectivity index (χ0v) is 12.6. The van der Waals surface area contributed by atoms with Crippen molar-refractivity contribution in [2.75, 3.05) is 24.9 Å². The van der Waals surface area contributed by atoms with Gasteiger partial charge in [0.2, 0.25) is 12.7 Å². The van der Waals surface area contributed by atoms with E-state index in [9.17, 15) is 0 Å². The molecule has 3 N–H and O–H groups in total. The molecule has 0 amide bonds. The predicted octanol–water partition coefficient (Wildman–Crippen LogP) is 2.57. The van der Waals surface area contributed by atoms with Gasteiger partial charge in [0.1, 0.15) is 5.82 Å². The van der Waals surface area contributed by atoms with Crippen LogP contribution in [0.25, 0.3) is 11.1 Å². The summed E-state index contributed by atoms with van der Waals surface area (Å²) in [6, 6.07) is 3.87. The molecule has 0 spiro atoms. The molecule has 0 radical (unpaired) electrons. The molecule has 7 heteroatoms. The van der Waals surface area contributed by atoms with E-state index in [1.54, 1.807) is 7.05 Å². The van der Waals surface area contributed by atoms with Gasteiger partial charge in [0.25, 0.3) is 0 Å². The summed E-state index contributed by atoms with van der Waals surface area (Å²) in [7, 11) is 1.80. The average molecular weight is 337 g/mol. The van der Waals surface area contributed by atoms with E-state index in [-0.39, 0.29) is 12.7 Å². The van der Waals surface area contributed by atoms with E-state index in [1.807, 2.05) is 19.1 Å². The minimum Gasteiger partial charge on any atom is -0.454 e. The number of ether oxygens (including phenoxy) is 2. The highest BCUT2D eigenvalue weighted by molar-refractivity contribution is 9.10. The highest BCUT2D eigenvalue weighted by atomic mass is 79.9. The van der Waals surface area contributed by atoms with E-state index in [0.717, 1.165) is 21.3 Å². The van der Waals surface area contributed by atoms with Crippen molar-refractivity contribution in [3.05, 3.63) is 22.3 Å². The second kappa shape index (κ2) is 4.82. The number of aromatic nitrogens is 2. The zero-order valence-electron chi connectivity index (χ0n) is 11.0. The molecular formula is C13H13BrN4O2. The lowest BCUT2D eigenvalue weighted by atomic mass is 10.0. The van der Waals surface area contributed by atoms with Crippen LogP contribution in [-0.2, 0) is 0 Å². The van der Waals surface area contributed by atoms with E-state index >= 15 is 0 Å². The summed E-state index contributed by atoms with van der Waals surface area (Å²) in [6.45, 7) is 2.13. The van der Waals surface area contributed by atoms with Gasteiger partial charge in [-0.3, -0.25) is 0 Å². The molecule has 1 aliphatic rings.